The molecule has 1 rings (SSSR count). The minimum Gasteiger partial charge on any atom is -0.492 e. The van der Waals surface area contributed by atoms with Crippen molar-refractivity contribution in [3.8, 4) is 5.75 Å². The molecule has 1 aromatic rings. The quantitative estimate of drug-likeness (QED) is 0.774. The number of nitrogens with two attached hydrogens (primary N) is 1. The maximum atomic E-state index is 13.0. The first-order valence-corrected chi connectivity index (χ1v) is 3.88. The number of primary amides is 1. The molecule has 0 bridgehead atoms. The third kappa shape index (κ3) is 1.63. The summed E-state index contributed by atoms with van der Waals surface area (Å²) in [5, 5.41) is -0.334. The van der Waals surface area contributed by atoms with Crippen LogP contribution in [0.3, 0.4) is 0 Å². The fourth-order valence-electron chi connectivity index (χ4n) is 0.939. The zero-order chi connectivity index (χ0) is 10.9. The molecule has 0 atom stereocenters. The molecule has 0 fully saturated rings. The van der Waals surface area contributed by atoms with Gasteiger partial charge in [-0.15, -0.1) is 0 Å². The normalized spacial score (nSPS) is 10.0. The van der Waals surface area contributed by atoms with Gasteiger partial charge in [0.05, 0.1) is 17.7 Å². The zero-order valence-electron chi connectivity index (χ0n) is 7.11. The van der Waals surface area contributed by atoms with Gasteiger partial charge in [-0.1, -0.05) is 11.6 Å². The maximum Gasteiger partial charge on any atom is 0.250 e. The Bertz CT molecular complexity index is 395. The van der Waals surface area contributed by atoms with E-state index in [1.54, 1.807) is 0 Å². The van der Waals surface area contributed by atoms with Gasteiger partial charge in [0.1, 0.15) is 0 Å². The predicted molar refractivity (Wildman–Crippen MR) is 46.4 cm³/mol. The van der Waals surface area contributed by atoms with Crippen LogP contribution in [-0.4, -0.2) is 13.0 Å². The van der Waals surface area contributed by atoms with Crippen molar-refractivity contribution in [3.05, 3.63) is 28.3 Å². The van der Waals surface area contributed by atoms with E-state index in [2.05, 4.69) is 4.74 Å². The highest BCUT2D eigenvalue weighted by Gasteiger charge is 2.20. The van der Waals surface area contributed by atoms with E-state index in [4.69, 9.17) is 17.3 Å². The molecule has 0 saturated heterocycles. The van der Waals surface area contributed by atoms with Crippen LogP contribution in [0.1, 0.15) is 10.4 Å². The molecule has 1 aromatic carbocycles. The van der Waals surface area contributed by atoms with Gasteiger partial charge in [-0.25, -0.2) is 4.39 Å². The number of hydrogen-bond acceptors (Lipinski definition) is 2. The number of carbonyl (C=O) groups excluding carboxylic acids is 1. The summed E-state index contributed by atoms with van der Waals surface area (Å²) in [5.74, 6) is -3.96. The van der Waals surface area contributed by atoms with Crippen molar-refractivity contribution in [2.24, 2.45) is 5.73 Å². The van der Waals surface area contributed by atoms with Crippen molar-refractivity contribution in [1.82, 2.24) is 0 Å². The van der Waals surface area contributed by atoms with E-state index in [0.717, 1.165) is 7.11 Å². The van der Waals surface area contributed by atoms with E-state index in [1.807, 2.05) is 0 Å². The molecule has 76 valence electrons. The molecule has 0 spiro atoms. The molecular formula is C8H6ClF2NO2. The lowest BCUT2D eigenvalue weighted by Crippen LogP contribution is -2.13. The van der Waals surface area contributed by atoms with E-state index in [1.165, 1.54) is 0 Å². The van der Waals surface area contributed by atoms with Gasteiger partial charge in [-0.05, 0) is 6.07 Å². The Labute approximate surface area is 83.4 Å². The van der Waals surface area contributed by atoms with Crippen molar-refractivity contribution in [3.63, 3.8) is 0 Å². The molecule has 0 aliphatic rings. The minimum atomic E-state index is -1.25. The van der Waals surface area contributed by atoms with E-state index in [-0.39, 0.29) is 10.6 Å². The van der Waals surface area contributed by atoms with Gasteiger partial charge in [0, 0.05) is 0 Å². The lowest BCUT2D eigenvalue weighted by Gasteiger charge is -2.07. The smallest absolute Gasteiger partial charge is 0.250 e. The Morgan fingerprint density at radius 1 is 1.57 bits per heavy atom. The highest BCUT2D eigenvalue weighted by atomic mass is 35.5. The zero-order valence-corrected chi connectivity index (χ0v) is 7.86. The highest BCUT2D eigenvalue weighted by molar-refractivity contribution is 6.35. The first kappa shape index (κ1) is 10.7. The second kappa shape index (κ2) is 3.79. The third-order valence-electron chi connectivity index (χ3n) is 1.59. The molecule has 0 unspecified atom stereocenters. The number of benzene rings is 1. The van der Waals surface area contributed by atoms with Gasteiger partial charge in [-0.2, -0.15) is 4.39 Å². The fourth-order valence-corrected chi connectivity index (χ4v) is 1.25. The number of halogens is 3. The van der Waals surface area contributed by atoms with Crippen LogP contribution in [0, 0.1) is 11.6 Å². The second-order valence-corrected chi connectivity index (χ2v) is 2.81. The van der Waals surface area contributed by atoms with Crippen molar-refractivity contribution in [2.75, 3.05) is 7.11 Å². The molecular weight excluding hydrogens is 216 g/mol. The molecule has 2 N–H and O–H groups in total. The van der Waals surface area contributed by atoms with Crippen molar-refractivity contribution >= 4 is 17.5 Å². The fraction of sp³-hybridized carbons (Fsp3) is 0.125. The molecule has 0 heterocycles. The molecule has 0 aliphatic carbocycles. The summed E-state index contributed by atoms with van der Waals surface area (Å²) in [7, 11) is 1.11. The van der Waals surface area contributed by atoms with Gasteiger partial charge in [0.2, 0.25) is 11.7 Å². The third-order valence-corrected chi connectivity index (χ3v) is 1.96. The van der Waals surface area contributed by atoms with Gasteiger partial charge in [0.25, 0.3) is 0 Å². The first-order chi connectivity index (χ1) is 6.49. The monoisotopic (exact) mass is 221 g/mol. The lowest BCUT2D eigenvalue weighted by atomic mass is 10.2. The summed E-state index contributed by atoms with van der Waals surface area (Å²) in [4.78, 5) is 10.7. The van der Waals surface area contributed by atoms with Crippen LogP contribution >= 0.6 is 11.6 Å². The Hall–Kier alpha value is -1.36. The minimum absolute atomic E-state index is 0.317. The Balaban J connectivity index is 3.50. The van der Waals surface area contributed by atoms with Crippen LogP contribution in [0.15, 0.2) is 6.07 Å². The topological polar surface area (TPSA) is 52.3 Å². The molecule has 0 saturated carbocycles. The number of carbonyl (C=O) groups is 1. The van der Waals surface area contributed by atoms with E-state index in [9.17, 15) is 13.6 Å². The van der Waals surface area contributed by atoms with Crippen LogP contribution in [0.25, 0.3) is 0 Å². The largest absolute Gasteiger partial charge is 0.492 e. The molecule has 6 heteroatoms. The van der Waals surface area contributed by atoms with Crippen molar-refractivity contribution < 1.29 is 18.3 Å². The molecule has 0 aliphatic heterocycles. The summed E-state index contributed by atoms with van der Waals surface area (Å²) in [5.41, 5.74) is 4.57. The number of amides is 1. The molecule has 3 nitrogen and oxygen atoms in total. The lowest BCUT2D eigenvalue weighted by molar-refractivity contribution is 0.0999. The number of methoxy groups -OCH3 is 1. The Morgan fingerprint density at radius 3 is 2.57 bits per heavy atom. The van der Waals surface area contributed by atoms with Crippen LogP contribution in [-0.2, 0) is 0 Å². The first-order valence-electron chi connectivity index (χ1n) is 3.50. The predicted octanol–water partition coefficient (Wildman–Crippen LogP) is 1.73. The Kier molecular flexibility index (Phi) is 2.90. The van der Waals surface area contributed by atoms with Gasteiger partial charge in [-0.3, -0.25) is 4.79 Å². The van der Waals surface area contributed by atoms with Gasteiger partial charge < -0.3 is 10.5 Å². The van der Waals surface area contributed by atoms with E-state index >= 15 is 0 Å². The van der Waals surface area contributed by atoms with Crippen LogP contribution in [0.4, 0.5) is 8.78 Å². The second-order valence-electron chi connectivity index (χ2n) is 2.43. The van der Waals surface area contributed by atoms with E-state index < -0.39 is 23.3 Å². The van der Waals surface area contributed by atoms with Gasteiger partial charge in [0.15, 0.2) is 11.6 Å². The summed E-state index contributed by atoms with van der Waals surface area (Å²) < 4.78 is 30.3. The standard InChI is InChI=1S/C8H6ClF2NO2/c1-14-7-5(9)3(8(12)13)2-4(10)6(7)11/h2H,1H3,(H2,12,13). The van der Waals surface area contributed by atoms with Crippen LogP contribution < -0.4 is 10.5 Å². The van der Waals surface area contributed by atoms with Gasteiger partial charge >= 0.3 is 0 Å². The highest BCUT2D eigenvalue weighted by Crippen LogP contribution is 2.32. The van der Waals surface area contributed by atoms with Crippen LogP contribution in [0.5, 0.6) is 5.75 Å². The van der Waals surface area contributed by atoms with Crippen molar-refractivity contribution in [1.29, 1.82) is 0 Å². The summed E-state index contributed by atoms with van der Waals surface area (Å²) in [6.07, 6.45) is 0. The summed E-state index contributed by atoms with van der Waals surface area (Å²) in [6.45, 7) is 0. The maximum absolute atomic E-state index is 13.0. The number of ether oxygens (including phenoxy) is 1. The number of rotatable bonds is 2. The Morgan fingerprint density at radius 2 is 2.14 bits per heavy atom. The molecule has 0 aromatic heterocycles. The van der Waals surface area contributed by atoms with Crippen LogP contribution in [0.2, 0.25) is 5.02 Å². The molecule has 0 radical (unpaired) electrons. The molecule has 14 heavy (non-hydrogen) atoms. The summed E-state index contributed by atoms with van der Waals surface area (Å²) in [6, 6.07) is 0.628. The number of hydrogen-bond donors (Lipinski definition) is 1. The molecule has 1 amide bonds. The average Bonchev–Trinajstić information content (AvgIpc) is 2.12. The average molecular weight is 222 g/mol. The van der Waals surface area contributed by atoms with E-state index in [0.29, 0.717) is 6.07 Å². The summed E-state index contributed by atoms with van der Waals surface area (Å²) >= 11 is 5.55. The van der Waals surface area contributed by atoms with Crippen molar-refractivity contribution in [2.45, 2.75) is 0 Å². The SMILES string of the molecule is COc1c(F)c(F)cc(C(N)=O)c1Cl.